The SMILES string of the molecule is c1cnc2[nH]c3c(c2c1)NCCC3. The minimum Gasteiger partial charge on any atom is -0.383 e. The zero-order valence-electron chi connectivity index (χ0n) is 7.30. The Hall–Kier alpha value is -1.51. The highest BCUT2D eigenvalue weighted by atomic mass is 15.0. The summed E-state index contributed by atoms with van der Waals surface area (Å²) >= 11 is 0. The fourth-order valence-electron chi connectivity index (χ4n) is 1.94. The van der Waals surface area contributed by atoms with Crippen molar-refractivity contribution in [2.24, 2.45) is 0 Å². The van der Waals surface area contributed by atoms with Crippen LogP contribution in [-0.2, 0) is 6.42 Å². The number of pyridine rings is 1. The first-order valence-electron chi connectivity index (χ1n) is 4.64. The Kier molecular flexibility index (Phi) is 1.33. The zero-order chi connectivity index (χ0) is 8.67. The van der Waals surface area contributed by atoms with E-state index in [1.807, 2.05) is 12.3 Å². The molecular formula is C10H11N3. The molecule has 0 saturated heterocycles. The van der Waals surface area contributed by atoms with Gasteiger partial charge in [0.1, 0.15) is 5.65 Å². The van der Waals surface area contributed by atoms with Crippen LogP contribution < -0.4 is 5.32 Å². The second kappa shape index (κ2) is 2.49. The van der Waals surface area contributed by atoms with Gasteiger partial charge >= 0.3 is 0 Å². The first-order valence-corrected chi connectivity index (χ1v) is 4.64. The van der Waals surface area contributed by atoms with Crippen LogP contribution in [0.15, 0.2) is 18.3 Å². The van der Waals surface area contributed by atoms with Crippen LogP contribution in [0.1, 0.15) is 12.1 Å². The monoisotopic (exact) mass is 173 g/mol. The summed E-state index contributed by atoms with van der Waals surface area (Å²) < 4.78 is 0. The van der Waals surface area contributed by atoms with E-state index in [4.69, 9.17) is 0 Å². The molecule has 3 heterocycles. The van der Waals surface area contributed by atoms with Gasteiger partial charge in [-0.1, -0.05) is 0 Å². The molecule has 0 aromatic carbocycles. The van der Waals surface area contributed by atoms with Crippen LogP contribution in [0.2, 0.25) is 0 Å². The number of aryl methyl sites for hydroxylation is 1. The van der Waals surface area contributed by atoms with Gasteiger partial charge in [-0.2, -0.15) is 0 Å². The van der Waals surface area contributed by atoms with E-state index in [0.29, 0.717) is 0 Å². The summed E-state index contributed by atoms with van der Waals surface area (Å²) in [5, 5.41) is 4.63. The lowest BCUT2D eigenvalue weighted by Gasteiger charge is -2.13. The van der Waals surface area contributed by atoms with Crippen LogP contribution >= 0.6 is 0 Å². The predicted octanol–water partition coefficient (Wildman–Crippen LogP) is 1.92. The first kappa shape index (κ1) is 6.95. The number of aromatic amines is 1. The number of nitrogens with one attached hydrogen (secondary N) is 2. The largest absolute Gasteiger partial charge is 0.383 e. The molecule has 0 radical (unpaired) electrons. The average Bonchev–Trinajstić information content (AvgIpc) is 2.56. The van der Waals surface area contributed by atoms with Gasteiger partial charge in [-0.25, -0.2) is 4.98 Å². The van der Waals surface area contributed by atoms with E-state index >= 15 is 0 Å². The third-order valence-corrected chi connectivity index (χ3v) is 2.55. The molecule has 0 saturated carbocycles. The Morgan fingerprint density at radius 1 is 1.38 bits per heavy atom. The number of H-pyrrole nitrogens is 1. The Labute approximate surface area is 76.2 Å². The number of anilines is 1. The molecule has 2 aromatic heterocycles. The molecule has 13 heavy (non-hydrogen) atoms. The molecule has 1 aliphatic rings. The minimum absolute atomic E-state index is 1.00. The maximum Gasteiger partial charge on any atom is 0.139 e. The summed E-state index contributed by atoms with van der Waals surface area (Å²) in [4.78, 5) is 7.63. The predicted molar refractivity (Wildman–Crippen MR) is 52.9 cm³/mol. The zero-order valence-corrected chi connectivity index (χ0v) is 7.30. The van der Waals surface area contributed by atoms with Gasteiger partial charge in [-0.15, -0.1) is 0 Å². The number of hydrogen-bond acceptors (Lipinski definition) is 2. The van der Waals surface area contributed by atoms with Crippen molar-refractivity contribution in [1.82, 2.24) is 9.97 Å². The number of nitrogens with zero attached hydrogens (tertiary/aromatic N) is 1. The highest BCUT2D eigenvalue weighted by molar-refractivity contribution is 5.92. The van der Waals surface area contributed by atoms with Crippen LogP contribution in [-0.4, -0.2) is 16.5 Å². The lowest BCUT2D eigenvalue weighted by Crippen LogP contribution is -2.10. The standard InChI is InChI=1S/C10H11N3/c1-3-7-9-8(4-2-5-11-9)13-10(7)12-6-1/h1,3,6,11H,2,4-5H2,(H,12,13). The van der Waals surface area contributed by atoms with Gasteiger partial charge in [0.05, 0.1) is 5.69 Å². The first-order chi connectivity index (χ1) is 6.45. The van der Waals surface area contributed by atoms with E-state index in [9.17, 15) is 0 Å². The molecule has 1 aliphatic heterocycles. The smallest absolute Gasteiger partial charge is 0.139 e. The van der Waals surface area contributed by atoms with Crippen LogP contribution in [0.25, 0.3) is 11.0 Å². The number of aromatic nitrogens is 2. The van der Waals surface area contributed by atoms with Crippen molar-refractivity contribution in [3.8, 4) is 0 Å². The van der Waals surface area contributed by atoms with Gasteiger partial charge < -0.3 is 10.3 Å². The average molecular weight is 173 g/mol. The molecule has 0 spiro atoms. The van der Waals surface area contributed by atoms with Crippen molar-refractivity contribution in [3.63, 3.8) is 0 Å². The lowest BCUT2D eigenvalue weighted by molar-refractivity contribution is 0.814. The van der Waals surface area contributed by atoms with Crippen molar-refractivity contribution in [3.05, 3.63) is 24.0 Å². The lowest BCUT2D eigenvalue weighted by atomic mass is 10.1. The number of rotatable bonds is 0. The van der Waals surface area contributed by atoms with Crippen LogP contribution in [0, 0.1) is 0 Å². The van der Waals surface area contributed by atoms with Crippen molar-refractivity contribution in [2.45, 2.75) is 12.8 Å². The Bertz CT molecular complexity index is 444. The van der Waals surface area contributed by atoms with E-state index in [2.05, 4.69) is 21.4 Å². The van der Waals surface area contributed by atoms with Crippen molar-refractivity contribution >= 4 is 16.7 Å². The van der Waals surface area contributed by atoms with Crippen molar-refractivity contribution < 1.29 is 0 Å². The fraction of sp³-hybridized carbons (Fsp3) is 0.300. The summed E-state index contributed by atoms with van der Waals surface area (Å²) in [6, 6.07) is 4.09. The molecule has 2 N–H and O–H groups in total. The van der Waals surface area contributed by atoms with Crippen molar-refractivity contribution in [2.75, 3.05) is 11.9 Å². The molecule has 66 valence electrons. The third-order valence-electron chi connectivity index (χ3n) is 2.55. The van der Waals surface area contributed by atoms with Gasteiger partial charge in [0.2, 0.25) is 0 Å². The van der Waals surface area contributed by atoms with E-state index < -0.39 is 0 Å². The minimum atomic E-state index is 1.00. The second-order valence-corrected chi connectivity index (χ2v) is 3.41. The number of hydrogen-bond donors (Lipinski definition) is 2. The maximum atomic E-state index is 4.29. The topological polar surface area (TPSA) is 40.7 Å². The van der Waals surface area contributed by atoms with Gasteiger partial charge in [0.25, 0.3) is 0 Å². The summed E-state index contributed by atoms with van der Waals surface area (Å²) in [6.45, 7) is 1.08. The summed E-state index contributed by atoms with van der Waals surface area (Å²) in [5.41, 5.74) is 3.57. The van der Waals surface area contributed by atoms with E-state index in [0.717, 1.165) is 18.6 Å². The molecule has 3 heteroatoms. The molecule has 0 bridgehead atoms. The molecule has 2 aromatic rings. The highest BCUT2D eigenvalue weighted by Crippen LogP contribution is 2.29. The summed E-state index contributed by atoms with van der Waals surface area (Å²) in [5.74, 6) is 0. The molecule has 0 amide bonds. The van der Waals surface area contributed by atoms with E-state index in [1.54, 1.807) is 0 Å². The number of fused-ring (bicyclic) bond motifs is 3. The second-order valence-electron chi connectivity index (χ2n) is 3.41. The molecule has 0 atom stereocenters. The quantitative estimate of drug-likeness (QED) is 0.639. The molecule has 0 aliphatic carbocycles. The summed E-state index contributed by atoms with van der Waals surface area (Å²) in [6.07, 6.45) is 4.17. The van der Waals surface area contributed by atoms with Gasteiger partial charge in [-0.3, -0.25) is 0 Å². The maximum absolute atomic E-state index is 4.29. The fourth-order valence-corrected chi connectivity index (χ4v) is 1.94. The molecule has 3 rings (SSSR count). The molecule has 0 unspecified atom stereocenters. The summed E-state index contributed by atoms with van der Waals surface area (Å²) in [7, 11) is 0. The van der Waals surface area contributed by atoms with Gasteiger partial charge in [0, 0.05) is 23.8 Å². The van der Waals surface area contributed by atoms with Crippen LogP contribution in [0.3, 0.4) is 0 Å². The molecule has 3 nitrogen and oxygen atoms in total. The molecular weight excluding hydrogens is 162 g/mol. The highest BCUT2D eigenvalue weighted by Gasteiger charge is 2.14. The Balaban J connectivity index is 2.34. The van der Waals surface area contributed by atoms with E-state index in [1.165, 1.54) is 23.2 Å². The van der Waals surface area contributed by atoms with Crippen molar-refractivity contribution in [1.29, 1.82) is 0 Å². The van der Waals surface area contributed by atoms with Crippen LogP contribution in [0.5, 0.6) is 0 Å². The molecule has 0 fully saturated rings. The normalized spacial score (nSPS) is 15.4. The van der Waals surface area contributed by atoms with Gasteiger partial charge in [0.15, 0.2) is 0 Å². The Morgan fingerprint density at radius 3 is 3.38 bits per heavy atom. The van der Waals surface area contributed by atoms with Crippen LogP contribution in [0.4, 0.5) is 5.69 Å². The van der Waals surface area contributed by atoms with Gasteiger partial charge in [-0.05, 0) is 25.0 Å². The van der Waals surface area contributed by atoms with E-state index in [-0.39, 0.29) is 0 Å². The third kappa shape index (κ3) is 0.932. The Morgan fingerprint density at radius 2 is 2.38 bits per heavy atom.